The smallest absolute Gasteiger partial charge is 0.223 e. The average molecular weight is 297 g/mol. The highest BCUT2D eigenvalue weighted by molar-refractivity contribution is 5.25. The van der Waals surface area contributed by atoms with E-state index in [4.69, 9.17) is 14.2 Å². The zero-order valence-electron chi connectivity index (χ0n) is 12.1. The van der Waals surface area contributed by atoms with E-state index in [1.807, 2.05) is 0 Å². The molecule has 0 aliphatic carbocycles. The van der Waals surface area contributed by atoms with E-state index in [2.05, 4.69) is 0 Å². The molecular formula is C14H19NO6. The Morgan fingerprint density at radius 3 is 2.76 bits per heavy atom. The highest BCUT2D eigenvalue weighted by atomic mass is 16.8. The molecule has 1 aromatic heterocycles. The Labute approximate surface area is 121 Å². The minimum absolute atomic E-state index is 0.293. The first-order valence-corrected chi connectivity index (χ1v) is 6.87. The maximum Gasteiger partial charge on any atom is 0.223 e. The summed E-state index contributed by atoms with van der Waals surface area (Å²) in [6, 6.07) is 1.28. The van der Waals surface area contributed by atoms with Gasteiger partial charge in [-0.3, -0.25) is 4.79 Å². The van der Waals surface area contributed by atoms with Gasteiger partial charge in [-0.25, -0.2) is 0 Å². The van der Waals surface area contributed by atoms with Gasteiger partial charge < -0.3 is 29.0 Å². The molecule has 0 saturated carbocycles. The van der Waals surface area contributed by atoms with Crippen molar-refractivity contribution in [3.8, 4) is 5.75 Å². The van der Waals surface area contributed by atoms with Gasteiger partial charge in [0.25, 0.3) is 0 Å². The molecule has 7 heteroatoms. The molecule has 2 saturated heterocycles. The number of fused-ring (bicyclic) bond motifs is 1. The fourth-order valence-corrected chi connectivity index (χ4v) is 2.76. The minimum atomic E-state index is -0.835. The first-order valence-electron chi connectivity index (χ1n) is 6.87. The van der Waals surface area contributed by atoms with Crippen LogP contribution in [0.2, 0.25) is 0 Å². The SMILES string of the molecule is Cc1c(O)c(=O)ccn1C[C@H]1O[C@H]2OC(C)(C)OC2C1O. The van der Waals surface area contributed by atoms with Crippen molar-refractivity contribution < 1.29 is 24.4 Å². The lowest BCUT2D eigenvalue weighted by atomic mass is 10.1. The van der Waals surface area contributed by atoms with Crippen molar-refractivity contribution in [1.82, 2.24) is 4.57 Å². The second-order valence-electron chi connectivity index (χ2n) is 5.90. The summed E-state index contributed by atoms with van der Waals surface area (Å²) in [4.78, 5) is 11.3. The van der Waals surface area contributed by atoms with E-state index in [0.29, 0.717) is 12.2 Å². The highest BCUT2D eigenvalue weighted by Crippen LogP contribution is 2.37. The molecule has 4 atom stereocenters. The standard InChI is InChI=1S/C14H19NO6/c1-7-10(17)8(16)4-5-15(7)6-9-11(18)12-13(19-9)21-14(2,3)20-12/h4-5,9,11-13,17-18H,6H2,1-3H3/t9-,11?,12?,13+/m1/s1. The van der Waals surface area contributed by atoms with E-state index >= 15 is 0 Å². The molecule has 116 valence electrons. The van der Waals surface area contributed by atoms with Gasteiger partial charge in [0.2, 0.25) is 5.43 Å². The Kier molecular flexibility index (Phi) is 3.32. The summed E-state index contributed by atoms with van der Waals surface area (Å²) in [6.45, 7) is 5.45. The molecule has 7 nitrogen and oxygen atoms in total. The number of pyridine rings is 1. The lowest BCUT2D eigenvalue weighted by Gasteiger charge is -2.24. The molecule has 2 fully saturated rings. The number of aliphatic hydroxyl groups excluding tert-OH is 1. The van der Waals surface area contributed by atoms with Gasteiger partial charge in [0, 0.05) is 12.3 Å². The van der Waals surface area contributed by atoms with Crippen molar-refractivity contribution in [1.29, 1.82) is 0 Å². The molecular weight excluding hydrogens is 278 g/mol. The monoisotopic (exact) mass is 297 g/mol. The van der Waals surface area contributed by atoms with Crippen LogP contribution >= 0.6 is 0 Å². The number of nitrogens with zero attached hydrogens (tertiary/aromatic N) is 1. The first-order chi connectivity index (χ1) is 9.78. The molecule has 0 radical (unpaired) electrons. The number of aliphatic hydroxyl groups is 1. The summed E-state index contributed by atoms with van der Waals surface area (Å²) in [7, 11) is 0. The Hall–Kier alpha value is -1.41. The Bertz CT molecular complexity index is 610. The summed E-state index contributed by atoms with van der Waals surface area (Å²) in [5.74, 6) is -1.06. The average Bonchev–Trinajstić information content (AvgIpc) is 2.85. The van der Waals surface area contributed by atoms with Gasteiger partial charge in [0.05, 0.1) is 12.2 Å². The number of aromatic hydroxyl groups is 1. The van der Waals surface area contributed by atoms with Gasteiger partial charge in [0.1, 0.15) is 18.3 Å². The summed E-state index contributed by atoms with van der Waals surface area (Å²) < 4.78 is 18.5. The zero-order chi connectivity index (χ0) is 15.4. The first kappa shape index (κ1) is 14.5. The van der Waals surface area contributed by atoms with Crippen molar-refractivity contribution in [2.75, 3.05) is 0 Å². The molecule has 3 rings (SSSR count). The molecule has 0 spiro atoms. The van der Waals surface area contributed by atoms with Crippen LogP contribution in [0.25, 0.3) is 0 Å². The third-order valence-corrected chi connectivity index (χ3v) is 3.90. The molecule has 2 aliphatic heterocycles. The van der Waals surface area contributed by atoms with Crippen molar-refractivity contribution in [2.24, 2.45) is 0 Å². The quantitative estimate of drug-likeness (QED) is 0.804. The molecule has 0 amide bonds. The van der Waals surface area contributed by atoms with Crippen LogP contribution in [-0.2, 0) is 20.8 Å². The van der Waals surface area contributed by atoms with Crippen LogP contribution in [0.15, 0.2) is 17.1 Å². The third kappa shape index (κ3) is 2.46. The van der Waals surface area contributed by atoms with Crippen LogP contribution in [0.5, 0.6) is 5.75 Å². The van der Waals surface area contributed by atoms with E-state index < -0.39 is 35.8 Å². The summed E-state index contributed by atoms with van der Waals surface area (Å²) in [6.07, 6.45) is -0.936. The lowest BCUT2D eigenvalue weighted by Crippen LogP contribution is -2.36. The zero-order valence-corrected chi connectivity index (χ0v) is 12.1. The van der Waals surface area contributed by atoms with Crippen molar-refractivity contribution in [3.63, 3.8) is 0 Å². The van der Waals surface area contributed by atoms with Gasteiger partial charge in [0.15, 0.2) is 17.8 Å². The lowest BCUT2D eigenvalue weighted by molar-refractivity contribution is -0.216. The van der Waals surface area contributed by atoms with Crippen LogP contribution < -0.4 is 5.43 Å². The number of aromatic nitrogens is 1. The fraction of sp³-hybridized carbons (Fsp3) is 0.643. The molecule has 2 N–H and O–H groups in total. The molecule has 2 unspecified atom stereocenters. The van der Waals surface area contributed by atoms with Crippen molar-refractivity contribution in [3.05, 3.63) is 28.2 Å². The van der Waals surface area contributed by atoms with Gasteiger partial charge in [-0.1, -0.05) is 0 Å². The van der Waals surface area contributed by atoms with E-state index in [0.717, 1.165) is 0 Å². The summed E-state index contributed by atoms with van der Waals surface area (Å²) in [5.41, 5.74) is -0.000509. The predicted molar refractivity (Wildman–Crippen MR) is 71.8 cm³/mol. The Balaban J connectivity index is 1.76. The van der Waals surface area contributed by atoms with E-state index in [1.54, 1.807) is 31.5 Å². The topological polar surface area (TPSA) is 90.2 Å². The van der Waals surface area contributed by atoms with E-state index in [-0.39, 0.29) is 5.75 Å². The molecule has 3 heterocycles. The molecule has 0 aromatic carbocycles. The number of rotatable bonds is 2. The molecule has 21 heavy (non-hydrogen) atoms. The van der Waals surface area contributed by atoms with Gasteiger partial charge in [-0.15, -0.1) is 0 Å². The minimum Gasteiger partial charge on any atom is -0.503 e. The number of ether oxygens (including phenoxy) is 3. The van der Waals surface area contributed by atoms with E-state index in [9.17, 15) is 15.0 Å². The largest absolute Gasteiger partial charge is 0.503 e. The van der Waals surface area contributed by atoms with Crippen molar-refractivity contribution in [2.45, 2.75) is 57.7 Å². The second-order valence-corrected chi connectivity index (χ2v) is 5.90. The maximum absolute atomic E-state index is 11.3. The van der Waals surface area contributed by atoms with Crippen LogP contribution in [0.1, 0.15) is 19.5 Å². The maximum atomic E-state index is 11.3. The second kappa shape index (κ2) is 4.81. The third-order valence-electron chi connectivity index (χ3n) is 3.90. The number of hydrogen-bond acceptors (Lipinski definition) is 6. The summed E-state index contributed by atoms with van der Waals surface area (Å²) >= 11 is 0. The fourth-order valence-electron chi connectivity index (χ4n) is 2.76. The Morgan fingerprint density at radius 2 is 2.10 bits per heavy atom. The highest BCUT2D eigenvalue weighted by Gasteiger charge is 2.54. The van der Waals surface area contributed by atoms with Crippen LogP contribution in [0.3, 0.4) is 0 Å². The number of hydrogen-bond donors (Lipinski definition) is 2. The predicted octanol–water partition coefficient (Wildman–Crippen LogP) is 0.0996. The normalized spacial score (nSPS) is 34.1. The molecule has 0 bridgehead atoms. The van der Waals surface area contributed by atoms with Crippen LogP contribution in [0, 0.1) is 6.92 Å². The van der Waals surface area contributed by atoms with Crippen LogP contribution in [-0.4, -0.2) is 45.2 Å². The van der Waals surface area contributed by atoms with Gasteiger partial charge in [-0.2, -0.15) is 0 Å². The van der Waals surface area contributed by atoms with Gasteiger partial charge >= 0.3 is 0 Å². The van der Waals surface area contributed by atoms with Gasteiger partial charge in [-0.05, 0) is 20.8 Å². The molecule has 1 aromatic rings. The molecule has 2 aliphatic rings. The Morgan fingerprint density at radius 1 is 1.38 bits per heavy atom. The summed E-state index contributed by atoms with van der Waals surface area (Å²) in [5, 5.41) is 20.0. The van der Waals surface area contributed by atoms with Crippen LogP contribution in [0.4, 0.5) is 0 Å². The van der Waals surface area contributed by atoms with E-state index in [1.165, 1.54) is 6.07 Å². The van der Waals surface area contributed by atoms with Crippen molar-refractivity contribution >= 4 is 0 Å².